The molecule has 6 rings (SSSR count). The van der Waals surface area contributed by atoms with Gasteiger partial charge in [-0.15, -0.1) is 0 Å². The third-order valence-electron chi connectivity index (χ3n) is 6.77. The average molecular weight is 672 g/mol. The van der Waals surface area contributed by atoms with Crippen LogP contribution in [0, 0.1) is 0 Å². The third kappa shape index (κ3) is 8.03. The molecule has 0 aliphatic heterocycles. The minimum absolute atomic E-state index is 0.195. The fourth-order valence-electron chi connectivity index (χ4n) is 4.45. The first-order valence-electron chi connectivity index (χ1n) is 14.5. The van der Waals surface area contributed by atoms with Gasteiger partial charge in [0.25, 0.3) is 11.8 Å². The number of nitrogens with zero attached hydrogens (tertiary/aromatic N) is 8. The van der Waals surface area contributed by atoms with Crippen molar-refractivity contribution in [2.45, 2.75) is 13.1 Å². The second kappa shape index (κ2) is 15.8. The fraction of sp³-hybridized carbons (Fsp3) is 0.200. The SMILES string of the molecule is O=C(Nc1ncnc2c1ncn2CCOCO[P+](=O)OCOCCn1cnc2c(NC(=O)c3ccccc3)ncnc21)c1ccccc1. The number of benzene rings is 2. The highest BCUT2D eigenvalue weighted by atomic mass is 31.1. The number of ether oxygens (including phenoxy) is 2. The topological polar surface area (TPSA) is 199 Å². The van der Waals surface area contributed by atoms with Crippen LogP contribution in [0.2, 0.25) is 0 Å². The van der Waals surface area contributed by atoms with Gasteiger partial charge in [-0.05, 0) is 24.3 Å². The molecule has 0 saturated carbocycles. The summed E-state index contributed by atoms with van der Waals surface area (Å²) in [5, 5.41) is 5.52. The molecule has 0 fully saturated rings. The van der Waals surface area contributed by atoms with Crippen LogP contribution >= 0.6 is 8.25 Å². The Kier molecular flexibility index (Phi) is 10.7. The Morgan fingerprint density at radius 3 is 1.50 bits per heavy atom. The second-order valence-electron chi connectivity index (χ2n) is 9.84. The van der Waals surface area contributed by atoms with E-state index in [4.69, 9.17) is 18.5 Å². The van der Waals surface area contributed by atoms with Gasteiger partial charge in [0.1, 0.15) is 12.7 Å². The number of rotatable bonds is 16. The van der Waals surface area contributed by atoms with Gasteiger partial charge in [-0.25, -0.2) is 29.9 Å². The van der Waals surface area contributed by atoms with Crippen molar-refractivity contribution in [2.75, 3.05) is 37.4 Å². The van der Waals surface area contributed by atoms with E-state index in [0.29, 0.717) is 58.2 Å². The molecule has 0 bridgehead atoms. The number of fused-ring (bicyclic) bond motifs is 2. The minimum atomic E-state index is -2.48. The van der Waals surface area contributed by atoms with Crippen LogP contribution in [-0.2, 0) is 36.2 Å². The smallest absolute Gasteiger partial charge is 0.349 e. The standard InChI is InChI=1S/C30H27N10O7P/c41-29(21-7-3-1-4-8-21)37-25-23-27(33-15-31-25)39(17-35-23)11-13-44-19-46-48(43)47-20-45-14-12-40-18-36-24-26(32-16-34-28(24)40)38-30(42)22-9-5-2-6-10-22/h1-10,15-18H,11-14,19-20H2,(H-,31,32,33,34,37,38,41,42)/p+1. The number of amides is 2. The van der Waals surface area contributed by atoms with Crippen LogP contribution in [0.3, 0.4) is 0 Å². The zero-order valence-electron chi connectivity index (χ0n) is 25.2. The van der Waals surface area contributed by atoms with Crippen molar-refractivity contribution in [1.29, 1.82) is 0 Å². The van der Waals surface area contributed by atoms with Crippen LogP contribution in [0.1, 0.15) is 20.7 Å². The van der Waals surface area contributed by atoms with E-state index in [-0.39, 0.29) is 38.6 Å². The summed E-state index contributed by atoms with van der Waals surface area (Å²) in [6.45, 7) is 0.552. The van der Waals surface area contributed by atoms with E-state index in [1.165, 1.54) is 12.7 Å². The van der Waals surface area contributed by atoms with Gasteiger partial charge in [0.15, 0.2) is 34.0 Å². The van der Waals surface area contributed by atoms with Crippen LogP contribution in [0.15, 0.2) is 86.0 Å². The summed E-state index contributed by atoms with van der Waals surface area (Å²) < 4.78 is 36.5. The zero-order valence-corrected chi connectivity index (χ0v) is 26.1. The maximum Gasteiger partial charge on any atom is 0.702 e. The Hall–Kier alpha value is -5.58. The lowest BCUT2D eigenvalue weighted by Gasteiger charge is -2.06. The predicted octanol–water partition coefficient (Wildman–Crippen LogP) is 3.81. The maximum atomic E-state index is 12.5. The molecule has 2 aromatic carbocycles. The molecule has 2 N–H and O–H groups in total. The molecule has 4 aromatic heterocycles. The third-order valence-corrected chi connectivity index (χ3v) is 7.41. The summed E-state index contributed by atoms with van der Waals surface area (Å²) in [4.78, 5) is 50.5. The quantitative estimate of drug-likeness (QED) is 0.0856. The highest BCUT2D eigenvalue weighted by molar-refractivity contribution is 7.33. The molecule has 18 heteroatoms. The number of imidazole rings is 2. The Labute approximate surface area is 273 Å². The molecule has 0 aliphatic rings. The Bertz CT molecular complexity index is 1880. The summed E-state index contributed by atoms with van der Waals surface area (Å²) in [5.74, 6) is -0.0376. The van der Waals surface area contributed by atoms with Crippen molar-refractivity contribution in [1.82, 2.24) is 39.0 Å². The zero-order chi connectivity index (χ0) is 33.1. The largest absolute Gasteiger partial charge is 0.702 e. The molecule has 0 saturated heterocycles. The minimum Gasteiger partial charge on any atom is -0.349 e. The van der Waals surface area contributed by atoms with Gasteiger partial charge in [-0.3, -0.25) is 9.59 Å². The molecule has 17 nitrogen and oxygen atoms in total. The number of carbonyl (C=O) groups excluding carboxylic acids is 2. The van der Waals surface area contributed by atoms with Crippen molar-refractivity contribution in [2.24, 2.45) is 0 Å². The van der Waals surface area contributed by atoms with Crippen LogP contribution in [0.25, 0.3) is 22.3 Å². The van der Waals surface area contributed by atoms with Crippen molar-refractivity contribution in [3.05, 3.63) is 97.1 Å². The van der Waals surface area contributed by atoms with E-state index < -0.39 is 8.25 Å². The first-order chi connectivity index (χ1) is 23.6. The number of hydrogen-bond acceptors (Lipinski definition) is 13. The lowest BCUT2D eigenvalue weighted by molar-refractivity contribution is -0.0205. The number of anilines is 2. The van der Waals surface area contributed by atoms with E-state index in [2.05, 4.69) is 40.5 Å². The van der Waals surface area contributed by atoms with Crippen LogP contribution in [0.5, 0.6) is 0 Å². The molecular weight excluding hydrogens is 643 g/mol. The molecule has 244 valence electrons. The molecule has 0 spiro atoms. The normalized spacial score (nSPS) is 11.2. The molecule has 0 atom stereocenters. The Balaban J connectivity index is 0.880. The molecule has 0 unspecified atom stereocenters. The van der Waals surface area contributed by atoms with Gasteiger partial charge in [0.2, 0.25) is 13.6 Å². The number of nitrogens with one attached hydrogen (secondary N) is 2. The lowest BCUT2D eigenvalue weighted by atomic mass is 10.2. The summed E-state index contributed by atoms with van der Waals surface area (Å²) in [7, 11) is -2.48. The number of hydrogen-bond donors (Lipinski definition) is 2. The maximum absolute atomic E-state index is 12.5. The summed E-state index contributed by atoms with van der Waals surface area (Å²) >= 11 is 0. The van der Waals surface area contributed by atoms with Gasteiger partial charge < -0.3 is 29.2 Å². The highest BCUT2D eigenvalue weighted by Crippen LogP contribution is 2.24. The van der Waals surface area contributed by atoms with Crippen LogP contribution in [-0.4, -0.2) is 77.7 Å². The molecule has 6 aromatic rings. The van der Waals surface area contributed by atoms with Gasteiger partial charge in [0.05, 0.1) is 25.9 Å². The molecule has 0 aliphatic carbocycles. The monoisotopic (exact) mass is 671 g/mol. The number of carbonyl (C=O) groups is 2. The van der Waals surface area contributed by atoms with E-state index >= 15 is 0 Å². The first-order valence-corrected chi connectivity index (χ1v) is 15.6. The lowest BCUT2D eigenvalue weighted by Crippen LogP contribution is -2.13. The molecule has 4 heterocycles. The van der Waals surface area contributed by atoms with Gasteiger partial charge >= 0.3 is 8.25 Å². The van der Waals surface area contributed by atoms with E-state index in [9.17, 15) is 14.2 Å². The predicted molar refractivity (Wildman–Crippen MR) is 171 cm³/mol. The first kappa shape index (κ1) is 32.4. The molecule has 48 heavy (non-hydrogen) atoms. The van der Waals surface area contributed by atoms with Crippen molar-refractivity contribution in [3.63, 3.8) is 0 Å². The van der Waals surface area contributed by atoms with E-state index in [1.807, 2.05) is 12.1 Å². The highest BCUT2D eigenvalue weighted by Gasteiger charge is 2.21. The van der Waals surface area contributed by atoms with Crippen molar-refractivity contribution < 1.29 is 32.7 Å². The van der Waals surface area contributed by atoms with Crippen LogP contribution < -0.4 is 10.6 Å². The Morgan fingerprint density at radius 2 is 1.06 bits per heavy atom. The van der Waals surface area contributed by atoms with Crippen molar-refractivity contribution in [3.8, 4) is 0 Å². The van der Waals surface area contributed by atoms with E-state index in [0.717, 1.165) is 0 Å². The molecule has 2 amide bonds. The number of aromatic nitrogens is 8. The summed E-state index contributed by atoms with van der Waals surface area (Å²) in [6.07, 6.45) is 5.80. The van der Waals surface area contributed by atoms with Crippen LogP contribution in [0.4, 0.5) is 11.6 Å². The van der Waals surface area contributed by atoms with Crippen molar-refractivity contribution >= 4 is 54.0 Å². The second-order valence-corrected chi connectivity index (χ2v) is 10.8. The molecular formula is C30H28N10O7P+. The fourth-order valence-corrected chi connectivity index (χ4v) is 4.85. The average Bonchev–Trinajstić information content (AvgIpc) is 3.74. The Morgan fingerprint density at radius 1 is 0.625 bits per heavy atom. The van der Waals surface area contributed by atoms with E-state index in [1.54, 1.807) is 70.3 Å². The summed E-state index contributed by atoms with van der Waals surface area (Å²) in [6, 6.07) is 17.5. The van der Waals surface area contributed by atoms with Gasteiger partial charge in [0, 0.05) is 28.8 Å². The van der Waals surface area contributed by atoms with Gasteiger partial charge in [-0.2, -0.15) is 0 Å². The van der Waals surface area contributed by atoms with Gasteiger partial charge in [-0.1, -0.05) is 45.4 Å². The summed E-state index contributed by atoms with van der Waals surface area (Å²) in [5.41, 5.74) is 2.87. The molecule has 0 radical (unpaired) electrons.